The average molecular weight is 433 g/mol. The van der Waals surface area contributed by atoms with E-state index in [0.717, 1.165) is 59.9 Å². The molecule has 0 atom stereocenters. The lowest BCUT2D eigenvalue weighted by Crippen LogP contribution is -2.38. The highest BCUT2D eigenvalue weighted by atomic mass is 35.5. The molecule has 31 heavy (non-hydrogen) atoms. The van der Waals surface area contributed by atoms with E-state index in [0.29, 0.717) is 5.15 Å². The monoisotopic (exact) mass is 432 g/mol. The van der Waals surface area contributed by atoms with Gasteiger partial charge in [0.25, 0.3) is 0 Å². The van der Waals surface area contributed by atoms with Crippen LogP contribution in [0.5, 0.6) is 0 Å². The maximum Gasteiger partial charge on any atom is 0.227 e. The number of hydrogen-bond donors (Lipinski definition) is 2. The second kappa shape index (κ2) is 8.35. The topological polar surface area (TPSA) is 86.8 Å². The lowest BCUT2D eigenvalue weighted by Gasteiger charge is -2.31. The van der Waals surface area contributed by atoms with Gasteiger partial charge in [-0.3, -0.25) is 4.79 Å². The Morgan fingerprint density at radius 3 is 2.48 bits per heavy atom. The zero-order valence-corrected chi connectivity index (χ0v) is 17.5. The molecule has 1 aliphatic heterocycles. The van der Waals surface area contributed by atoms with Crippen LogP contribution in [0.25, 0.3) is 22.4 Å². The molecule has 5 rings (SSSR count). The molecular weight excluding hydrogens is 412 g/mol. The van der Waals surface area contributed by atoms with Crippen LogP contribution in [-0.4, -0.2) is 39.2 Å². The average Bonchev–Trinajstić information content (AvgIpc) is 3.24. The second-order valence-corrected chi connectivity index (χ2v) is 8.03. The van der Waals surface area contributed by atoms with Crippen LogP contribution < -0.4 is 10.2 Å². The van der Waals surface area contributed by atoms with Crippen molar-refractivity contribution < 1.29 is 4.79 Å². The third-order valence-corrected chi connectivity index (χ3v) is 5.82. The van der Waals surface area contributed by atoms with Crippen LogP contribution in [0.2, 0.25) is 5.15 Å². The first-order valence-electron chi connectivity index (χ1n) is 10.3. The Morgan fingerprint density at radius 2 is 1.77 bits per heavy atom. The van der Waals surface area contributed by atoms with Gasteiger partial charge in [0.2, 0.25) is 5.91 Å². The van der Waals surface area contributed by atoms with Crippen molar-refractivity contribution in [3.63, 3.8) is 0 Å². The van der Waals surface area contributed by atoms with Crippen molar-refractivity contribution in [3.8, 4) is 11.4 Å². The van der Waals surface area contributed by atoms with Crippen molar-refractivity contribution in [2.45, 2.75) is 12.8 Å². The van der Waals surface area contributed by atoms with Gasteiger partial charge in [-0.15, -0.1) is 10.2 Å². The van der Waals surface area contributed by atoms with E-state index in [1.807, 2.05) is 54.6 Å². The molecule has 156 valence electrons. The normalized spacial score (nSPS) is 14.7. The van der Waals surface area contributed by atoms with Gasteiger partial charge in [0.15, 0.2) is 11.0 Å². The van der Waals surface area contributed by atoms with Gasteiger partial charge in [-0.1, -0.05) is 23.7 Å². The SMILES string of the molecule is O=C(Nc1ccc(-c2nc3ccccc3[nH]2)cc1)C1CCN(c2ccc(Cl)nn2)CC1. The number of rotatable bonds is 4. The number of aromatic nitrogens is 4. The fraction of sp³-hybridized carbons (Fsp3) is 0.217. The number of hydrogen-bond acceptors (Lipinski definition) is 5. The first-order chi connectivity index (χ1) is 15.2. The molecule has 1 saturated heterocycles. The van der Waals surface area contributed by atoms with Gasteiger partial charge >= 0.3 is 0 Å². The summed E-state index contributed by atoms with van der Waals surface area (Å²) < 4.78 is 0. The van der Waals surface area contributed by atoms with Crippen LogP contribution in [0.4, 0.5) is 11.5 Å². The minimum absolute atomic E-state index is 0.0217. The summed E-state index contributed by atoms with van der Waals surface area (Å²) in [5.74, 6) is 1.64. The Hall–Kier alpha value is -3.45. The van der Waals surface area contributed by atoms with Crippen LogP contribution in [-0.2, 0) is 4.79 Å². The Labute approximate surface area is 184 Å². The van der Waals surface area contributed by atoms with E-state index in [1.54, 1.807) is 6.07 Å². The number of halogens is 1. The molecule has 3 heterocycles. The molecule has 0 radical (unpaired) electrons. The molecule has 8 heteroatoms. The first-order valence-corrected chi connectivity index (χ1v) is 10.6. The quantitative estimate of drug-likeness (QED) is 0.494. The van der Waals surface area contributed by atoms with Crippen molar-refractivity contribution in [1.82, 2.24) is 20.2 Å². The number of carbonyl (C=O) groups excluding carboxylic acids is 1. The van der Waals surface area contributed by atoms with E-state index < -0.39 is 0 Å². The molecule has 0 aliphatic carbocycles. The number of nitrogens with zero attached hydrogens (tertiary/aromatic N) is 4. The number of carbonyl (C=O) groups is 1. The third-order valence-electron chi connectivity index (χ3n) is 5.62. The lowest BCUT2D eigenvalue weighted by molar-refractivity contribution is -0.120. The molecule has 4 aromatic rings. The predicted molar refractivity (Wildman–Crippen MR) is 122 cm³/mol. The summed E-state index contributed by atoms with van der Waals surface area (Å²) in [6.45, 7) is 1.53. The van der Waals surface area contributed by atoms with Gasteiger partial charge < -0.3 is 15.2 Å². The number of anilines is 2. The molecule has 2 N–H and O–H groups in total. The summed E-state index contributed by atoms with van der Waals surface area (Å²) in [4.78, 5) is 22.8. The van der Waals surface area contributed by atoms with Crippen LogP contribution in [0.3, 0.4) is 0 Å². The molecular formula is C23H21ClN6O. The van der Waals surface area contributed by atoms with Crippen LogP contribution in [0.1, 0.15) is 12.8 Å². The highest BCUT2D eigenvalue weighted by Crippen LogP contribution is 2.25. The van der Waals surface area contributed by atoms with E-state index >= 15 is 0 Å². The molecule has 0 spiro atoms. The van der Waals surface area contributed by atoms with Crippen molar-refractivity contribution in [2.75, 3.05) is 23.3 Å². The van der Waals surface area contributed by atoms with Gasteiger partial charge in [0.05, 0.1) is 11.0 Å². The number of fused-ring (bicyclic) bond motifs is 1. The van der Waals surface area contributed by atoms with Gasteiger partial charge in [-0.2, -0.15) is 0 Å². The van der Waals surface area contributed by atoms with E-state index in [2.05, 4.69) is 30.4 Å². The molecule has 1 amide bonds. The number of nitrogens with one attached hydrogen (secondary N) is 2. The third kappa shape index (κ3) is 4.22. The Kier molecular flexibility index (Phi) is 5.26. The number of aromatic amines is 1. The predicted octanol–water partition coefficient (Wildman–Crippen LogP) is 4.53. The van der Waals surface area contributed by atoms with E-state index in [9.17, 15) is 4.79 Å². The molecule has 1 aliphatic rings. The molecule has 2 aromatic carbocycles. The summed E-state index contributed by atoms with van der Waals surface area (Å²) in [6.07, 6.45) is 1.54. The second-order valence-electron chi connectivity index (χ2n) is 7.64. The molecule has 0 unspecified atom stereocenters. The Morgan fingerprint density at radius 1 is 1.00 bits per heavy atom. The fourth-order valence-electron chi connectivity index (χ4n) is 3.89. The summed E-state index contributed by atoms with van der Waals surface area (Å²) in [6, 6.07) is 19.3. The summed E-state index contributed by atoms with van der Waals surface area (Å²) >= 11 is 5.81. The van der Waals surface area contributed by atoms with Crippen molar-refractivity contribution in [2.24, 2.45) is 5.92 Å². The van der Waals surface area contributed by atoms with Crippen molar-refractivity contribution in [3.05, 3.63) is 65.8 Å². The molecule has 7 nitrogen and oxygen atoms in total. The minimum Gasteiger partial charge on any atom is -0.355 e. The number of para-hydroxylation sites is 2. The van der Waals surface area contributed by atoms with E-state index in [4.69, 9.17) is 11.6 Å². The number of H-pyrrole nitrogens is 1. The zero-order valence-electron chi connectivity index (χ0n) is 16.8. The largest absolute Gasteiger partial charge is 0.355 e. The maximum absolute atomic E-state index is 12.7. The van der Waals surface area contributed by atoms with Crippen LogP contribution in [0.15, 0.2) is 60.7 Å². The lowest BCUT2D eigenvalue weighted by atomic mass is 9.95. The van der Waals surface area contributed by atoms with Gasteiger partial charge in [-0.05, 0) is 61.4 Å². The van der Waals surface area contributed by atoms with Crippen molar-refractivity contribution >= 4 is 40.0 Å². The van der Waals surface area contributed by atoms with Crippen LogP contribution >= 0.6 is 11.6 Å². The van der Waals surface area contributed by atoms with Gasteiger partial charge in [0.1, 0.15) is 5.82 Å². The molecule has 2 aromatic heterocycles. The Balaban J connectivity index is 1.19. The molecule has 0 saturated carbocycles. The summed E-state index contributed by atoms with van der Waals surface area (Å²) in [5, 5.41) is 11.4. The van der Waals surface area contributed by atoms with Crippen molar-refractivity contribution in [1.29, 1.82) is 0 Å². The highest BCUT2D eigenvalue weighted by molar-refractivity contribution is 6.29. The minimum atomic E-state index is -0.0217. The van der Waals surface area contributed by atoms with Gasteiger partial charge in [0, 0.05) is 30.3 Å². The smallest absolute Gasteiger partial charge is 0.227 e. The summed E-state index contributed by atoms with van der Waals surface area (Å²) in [7, 11) is 0. The number of imidazole rings is 1. The maximum atomic E-state index is 12.7. The van der Waals surface area contributed by atoms with E-state index in [-0.39, 0.29) is 11.8 Å². The van der Waals surface area contributed by atoms with E-state index in [1.165, 1.54) is 0 Å². The highest BCUT2D eigenvalue weighted by Gasteiger charge is 2.26. The standard InChI is InChI=1S/C23H21ClN6O/c24-20-9-10-21(29-28-20)30-13-11-16(12-14-30)23(31)25-17-7-5-15(6-8-17)22-26-18-3-1-2-4-19(18)27-22/h1-10,16H,11-14H2,(H,25,31)(H,26,27). The van der Waals surface area contributed by atoms with Crippen LogP contribution in [0, 0.1) is 5.92 Å². The number of benzene rings is 2. The number of piperidine rings is 1. The molecule has 1 fully saturated rings. The first kappa shape index (κ1) is 19.5. The molecule has 0 bridgehead atoms. The number of amides is 1. The summed E-state index contributed by atoms with van der Waals surface area (Å²) in [5.41, 5.74) is 3.71. The Bertz CT molecular complexity index is 1160. The van der Waals surface area contributed by atoms with Gasteiger partial charge in [-0.25, -0.2) is 4.98 Å². The zero-order chi connectivity index (χ0) is 21.2. The fourth-order valence-corrected chi connectivity index (χ4v) is 3.99.